The van der Waals surface area contributed by atoms with E-state index >= 15 is 0 Å². The molecule has 0 aliphatic rings. The van der Waals surface area contributed by atoms with Crippen molar-refractivity contribution in [2.24, 2.45) is 0 Å². The van der Waals surface area contributed by atoms with Crippen LogP contribution in [-0.4, -0.2) is 11.0 Å². The molecule has 4 nitrogen and oxygen atoms in total. The van der Waals surface area contributed by atoms with E-state index in [4.69, 9.17) is 4.74 Å². The van der Waals surface area contributed by atoms with E-state index in [1.165, 1.54) is 24.3 Å². The van der Waals surface area contributed by atoms with E-state index in [9.17, 15) is 14.3 Å². The Hall–Kier alpha value is -3.60. The number of phenols is 1. The van der Waals surface area contributed by atoms with Gasteiger partial charge in [-0.05, 0) is 42.0 Å². The van der Waals surface area contributed by atoms with Crippen molar-refractivity contribution in [2.75, 3.05) is 5.32 Å². The molecule has 0 aliphatic carbocycles. The van der Waals surface area contributed by atoms with Gasteiger partial charge in [0.25, 0.3) is 0 Å². The van der Waals surface area contributed by atoms with Gasteiger partial charge in [0.1, 0.15) is 12.4 Å². The number of hydrogen-bond donors (Lipinski definition) is 2. The Morgan fingerprint density at radius 3 is 2.56 bits per heavy atom. The summed E-state index contributed by atoms with van der Waals surface area (Å²) in [6.07, 6.45) is 2.82. The van der Waals surface area contributed by atoms with Crippen LogP contribution in [-0.2, 0) is 11.4 Å². The number of benzene rings is 3. The van der Waals surface area contributed by atoms with Gasteiger partial charge in [-0.1, -0.05) is 42.5 Å². The molecule has 1 amide bonds. The van der Waals surface area contributed by atoms with E-state index in [0.29, 0.717) is 17.9 Å². The lowest BCUT2D eigenvalue weighted by Crippen LogP contribution is -2.10. The lowest BCUT2D eigenvalue weighted by Gasteiger charge is -2.11. The summed E-state index contributed by atoms with van der Waals surface area (Å²) in [5.41, 5.74) is 2.00. The number of rotatable bonds is 6. The fraction of sp³-hybridized carbons (Fsp3) is 0.0455. The summed E-state index contributed by atoms with van der Waals surface area (Å²) in [6.45, 7) is 0.315. The lowest BCUT2D eigenvalue weighted by molar-refractivity contribution is -0.111. The molecule has 0 atom stereocenters. The summed E-state index contributed by atoms with van der Waals surface area (Å²) in [7, 11) is 0. The minimum absolute atomic E-state index is 0.315. The molecule has 27 heavy (non-hydrogen) atoms. The number of anilines is 1. The van der Waals surface area contributed by atoms with Gasteiger partial charge in [-0.3, -0.25) is 4.79 Å². The smallest absolute Gasteiger partial charge is 0.248 e. The average molecular weight is 363 g/mol. The maximum atomic E-state index is 13.1. The SMILES string of the molecule is O=C(C=Cc1ccc(F)c(O)c1)Nc1ccccc1COc1ccccc1. The molecule has 2 N–H and O–H groups in total. The molecule has 3 aromatic carbocycles. The zero-order chi connectivity index (χ0) is 19.1. The molecule has 0 spiro atoms. The fourth-order valence-electron chi connectivity index (χ4n) is 2.43. The number of aromatic hydroxyl groups is 1. The van der Waals surface area contributed by atoms with E-state index < -0.39 is 11.6 Å². The van der Waals surface area contributed by atoms with Gasteiger partial charge in [0.2, 0.25) is 5.91 Å². The Morgan fingerprint density at radius 1 is 1.04 bits per heavy atom. The number of ether oxygens (including phenoxy) is 1. The molecule has 0 saturated carbocycles. The lowest BCUT2D eigenvalue weighted by atomic mass is 10.1. The van der Waals surface area contributed by atoms with Crippen LogP contribution in [0.4, 0.5) is 10.1 Å². The molecule has 3 rings (SSSR count). The molecule has 136 valence electrons. The van der Waals surface area contributed by atoms with Gasteiger partial charge >= 0.3 is 0 Å². The van der Waals surface area contributed by atoms with Crippen molar-refractivity contribution in [1.82, 2.24) is 0 Å². The highest BCUT2D eigenvalue weighted by molar-refractivity contribution is 6.02. The molecule has 5 heteroatoms. The van der Waals surface area contributed by atoms with E-state index in [1.54, 1.807) is 6.07 Å². The molecule has 3 aromatic rings. The van der Waals surface area contributed by atoms with E-state index in [-0.39, 0.29) is 5.91 Å². The number of phenolic OH excluding ortho intramolecular Hbond substituents is 1. The topological polar surface area (TPSA) is 58.6 Å². The second-order valence-corrected chi connectivity index (χ2v) is 5.79. The third-order valence-electron chi connectivity index (χ3n) is 3.81. The second-order valence-electron chi connectivity index (χ2n) is 5.79. The third-order valence-corrected chi connectivity index (χ3v) is 3.81. The number of para-hydroxylation sites is 2. The number of hydrogen-bond acceptors (Lipinski definition) is 3. The number of carbonyl (C=O) groups is 1. The first-order valence-corrected chi connectivity index (χ1v) is 8.35. The Morgan fingerprint density at radius 2 is 1.78 bits per heavy atom. The first kappa shape index (κ1) is 18.2. The molecular formula is C22H18FNO3. The molecule has 0 aliphatic heterocycles. The Kier molecular flexibility index (Phi) is 5.84. The van der Waals surface area contributed by atoms with Crippen LogP contribution < -0.4 is 10.1 Å². The zero-order valence-corrected chi connectivity index (χ0v) is 14.4. The third kappa shape index (κ3) is 5.19. The van der Waals surface area contributed by atoms with Crippen LogP contribution in [0.5, 0.6) is 11.5 Å². The van der Waals surface area contributed by atoms with Gasteiger partial charge in [-0.2, -0.15) is 0 Å². The number of halogens is 1. The van der Waals surface area contributed by atoms with Crippen molar-refractivity contribution >= 4 is 17.7 Å². The Labute approximate surface area is 156 Å². The normalized spacial score (nSPS) is 10.7. The predicted molar refractivity (Wildman–Crippen MR) is 103 cm³/mol. The van der Waals surface area contributed by atoms with Gasteiger partial charge in [-0.25, -0.2) is 4.39 Å². The Balaban J connectivity index is 1.65. The van der Waals surface area contributed by atoms with Crippen LogP contribution in [0.3, 0.4) is 0 Å². The Bertz CT molecular complexity index is 955. The summed E-state index contributed by atoms with van der Waals surface area (Å²) in [4.78, 5) is 12.2. The molecule has 0 radical (unpaired) electrons. The first-order chi connectivity index (χ1) is 13.1. The summed E-state index contributed by atoms with van der Waals surface area (Å²) >= 11 is 0. The van der Waals surface area contributed by atoms with Crippen LogP contribution >= 0.6 is 0 Å². The van der Waals surface area contributed by atoms with Gasteiger partial charge < -0.3 is 15.2 Å². The molecule has 0 saturated heterocycles. The van der Waals surface area contributed by atoms with E-state index in [2.05, 4.69) is 5.32 Å². The summed E-state index contributed by atoms with van der Waals surface area (Å²) < 4.78 is 18.8. The van der Waals surface area contributed by atoms with E-state index in [1.807, 2.05) is 48.5 Å². The highest BCUT2D eigenvalue weighted by Gasteiger charge is 2.06. The highest BCUT2D eigenvalue weighted by Crippen LogP contribution is 2.20. The average Bonchev–Trinajstić information content (AvgIpc) is 2.69. The van der Waals surface area contributed by atoms with Crippen molar-refractivity contribution in [2.45, 2.75) is 6.61 Å². The van der Waals surface area contributed by atoms with E-state index in [0.717, 1.165) is 17.4 Å². The molecule has 0 fully saturated rings. The minimum atomic E-state index is -0.705. The summed E-state index contributed by atoms with van der Waals surface area (Å²) in [5.74, 6) is -0.759. The molecular weight excluding hydrogens is 345 g/mol. The molecule has 0 heterocycles. The van der Waals surface area contributed by atoms with Crippen molar-refractivity contribution < 1.29 is 19.0 Å². The van der Waals surface area contributed by atoms with Gasteiger partial charge in [0.15, 0.2) is 11.6 Å². The summed E-state index contributed by atoms with van der Waals surface area (Å²) in [6, 6.07) is 20.6. The molecule has 0 bridgehead atoms. The second kappa shape index (κ2) is 8.67. The van der Waals surface area contributed by atoms with Gasteiger partial charge in [0.05, 0.1) is 0 Å². The maximum absolute atomic E-state index is 13.1. The maximum Gasteiger partial charge on any atom is 0.248 e. The van der Waals surface area contributed by atoms with Crippen molar-refractivity contribution in [3.05, 3.63) is 95.8 Å². The van der Waals surface area contributed by atoms with Crippen LogP contribution in [0.15, 0.2) is 78.9 Å². The van der Waals surface area contributed by atoms with Gasteiger partial charge in [0, 0.05) is 17.3 Å². The fourth-order valence-corrected chi connectivity index (χ4v) is 2.43. The van der Waals surface area contributed by atoms with Crippen molar-refractivity contribution in [3.8, 4) is 11.5 Å². The van der Waals surface area contributed by atoms with Crippen LogP contribution in [0.2, 0.25) is 0 Å². The number of nitrogens with one attached hydrogen (secondary N) is 1. The van der Waals surface area contributed by atoms with Crippen LogP contribution in [0.1, 0.15) is 11.1 Å². The zero-order valence-electron chi connectivity index (χ0n) is 14.4. The summed E-state index contributed by atoms with van der Waals surface area (Å²) in [5, 5.41) is 12.2. The van der Waals surface area contributed by atoms with Crippen molar-refractivity contribution in [1.29, 1.82) is 0 Å². The number of carbonyl (C=O) groups excluding carboxylic acids is 1. The predicted octanol–water partition coefficient (Wildman–Crippen LogP) is 4.76. The van der Waals surface area contributed by atoms with Gasteiger partial charge in [-0.15, -0.1) is 0 Å². The molecule has 0 aromatic heterocycles. The largest absolute Gasteiger partial charge is 0.505 e. The standard InChI is InChI=1S/C22H18FNO3/c23-19-12-10-16(14-21(19)25)11-13-22(26)24-20-9-5-4-6-17(20)15-27-18-7-2-1-3-8-18/h1-14,25H,15H2,(H,24,26). The minimum Gasteiger partial charge on any atom is -0.505 e. The monoisotopic (exact) mass is 363 g/mol. The van der Waals surface area contributed by atoms with Crippen molar-refractivity contribution in [3.63, 3.8) is 0 Å². The highest BCUT2D eigenvalue weighted by atomic mass is 19.1. The number of amides is 1. The van der Waals surface area contributed by atoms with Crippen LogP contribution in [0.25, 0.3) is 6.08 Å². The van der Waals surface area contributed by atoms with Crippen LogP contribution in [0, 0.1) is 5.82 Å². The first-order valence-electron chi connectivity index (χ1n) is 8.35. The molecule has 0 unspecified atom stereocenters. The quantitative estimate of drug-likeness (QED) is 0.621.